The highest BCUT2D eigenvalue weighted by Gasteiger charge is 2.09. The second-order valence-corrected chi connectivity index (χ2v) is 5.31. The van der Waals surface area contributed by atoms with Crippen LogP contribution in [0.5, 0.6) is 5.75 Å². The van der Waals surface area contributed by atoms with Crippen LogP contribution >= 0.6 is 15.9 Å². The monoisotopic (exact) mass is 348 g/mol. The average Bonchev–Trinajstić information content (AvgIpc) is 2.48. The van der Waals surface area contributed by atoms with E-state index < -0.39 is 0 Å². The summed E-state index contributed by atoms with van der Waals surface area (Å²) in [5.74, 6) is 0.431. The van der Waals surface area contributed by atoms with Crippen molar-refractivity contribution >= 4 is 27.5 Å². The van der Waals surface area contributed by atoms with E-state index in [9.17, 15) is 4.79 Å². The molecule has 0 unspecified atom stereocenters. The molecular formula is C16H17BrN2O2. The minimum atomic E-state index is -0.166. The summed E-state index contributed by atoms with van der Waals surface area (Å²) in [5.41, 5.74) is 7.86. The zero-order valence-electron chi connectivity index (χ0n) is 11.7. The van der Waals surface area contributed by atoms with Crippen molar-refractivity contribution in [1.29, 1.82) is 0 Å². The molecule has 0 aliphatic carbocycles. The van der Waals surface area contributed by atoms with Crippen LogP contribution in [0, 0.1) is 0 Å². The molecule has 0 bridgehead atoms. The summed E-state index contributed by atoms with van der Waals surface area (Å²) < 4.78 is 6.32. The van der Waals surface area contributed by atoms with Crippen molar-refractivity contribution < 1.29 is 9.53 Å². The van der Waals surface area contributed by atoms with E-state index in [1.165, 1.54) is 0 Å². The first-order valence-electron chi connectivity index (χ1n) is 6.65. The first-order chi connectivity index (χ1) is 10.1. The molecule has 0 aliphatic rings. The molecule has 0 saturated carbocycles. The molecule has 4 nitrogen and oxygen atoms in total. The Morgan fingerprint density at radius 3 is 2.71 bits per heavy atom. The largest absolute Gasteiger partial charge is 0.492 e. The molecule has 0 heterocycles. The number of halogens is 1. The van der Waals surface area contributed by atoms with E-state index in [0.717, 1.165) is 10.0 Å². The molecular weight excluding hydrogens is 332 g/mol. The summed E-state index contributed by atoms with van der Waals surface area (Å²) >= 11 is 3.45. The van der Waals surface area contributed by atoms with Gasteiger partial charge in [0, 0.05) is 16.6 Å². The van der Waals surface area contributed by atoms with Crippen molar-refractivity contribution in [3.8, 4) is 5.75 Å². The minimum absolute atomic E-state index is 0.166. The Balaban J connectivity index is 2.04. The number of ether oxygens (including phenoxy) is 1. The van der Waals surface area contributed by atoms with Crippen LogP contribution in [-0.4, -0.2) is 12.5 Å². The Hall–Kier alpha value is -2.01. The molecule has 110 valence electrons. The number of carbonyl (C=O) groups is 1. The Labute approximate surface area is 132 Å². The van der Waals surface area contributed by atoms with Crippen LogP contribution in [0.2, 0.25) is 0 Å². The Bertz CT molecular complexity index is 644. The molecule has 2 aromatic rings. The van der Waals surface area contributed by atoms with E-state index in [1.807, 2.05) is 31.2 Å². The number of nitrogen functional groups attached to an aromatic ring is 1. The fourth-order valence-electron chi connectivity index (χ4n) is 1.90. The summed E-state index contributed by atoms with van der Waals surface area (Å²) in [5, 5.41) is 2.87. The Morgan fingerprint density at radius 2 is 2.05 bits per heavy atom. The fourth-order valence-corrected chi connectivity index (χ4v) is 2.32. The fraction of sp³-hybridized carbons (Fsp3) is 0.188. The number of anilines is 1. The van der Waals surface area contributed by atoms with Gasteiger partial charge in [0.15, 0.2) is 0 Å². The molecule has 2 aromatic carbocycles. The van der Waals surface area contributed by atoms with Crippen LogP contribution in [0.3, 0.4) is 0 Å². The molecule has 21 heavy (non-hydrogen) atoms. The first kappa shape index (κ1) is 15.4. The van der Waals surface area contributed by atoms with E-state index in [0.29, 0.717) is 30.2 Å². The maximum atomic E-state index is 12.1. The third-order valence-electron chi connectivity index (χ3n) is 2.97. The first-order valence-corrected chi connectivity index (χ1v) is 7.45. The van der Waals surface area contributed by atoms with E-state index in [4.69, 9.17) is 10.5 Å². The lowest BCUT2D eigenvalue weighted by Gasteiger charge is -2.10. The van der Waals surface area contributed by atoms with E-state index in [1.54, 1.807) is 18.2 Å². The number of amides is 1. The average molecular weight is 349 g/mol. The van der Waals surface area contributed by atoms with Gasteiger partial charge in [0.05, 0.1) is 12.3 Å². The smallest absolute Gasteiger partial charge is 0.251 e. The predicted molar refractivity (Wildman–Crippen MR) is 87.3 cm³/mol. The molecule has 5 heteroatoms. The van der Waals surface area contributed by atoms with Gasteiger partial charge < -0.3 is 15.8 Å². The molecule has 0 radical (unpaired) electrons. The van der Waals surface area contributed by atoms with Crippen molar-refractivity contribution in [3.05, 3.63) is 58.1 Å². The summed E-state index contributed by atoms with van der Waals surface area (Å²) in [7, 11) is 0. The maximum Gasteiger partial charge on any atom is 0.251 e. The zero-order valence-corrected chi connectivity index (χ0v) is 13.3. The molecule has 1 amide bonds. The van der Waals surface area contributed by atoms with E-state index >= 15 is 0 Å². The zero-order chi connectivity index (χ0) is 15.2. The topological polar surface area (TPSA) is 64.3 Å². The quantitative estimate of drug-likeness (QED) is 0.814. The van der Waals surface area contributed by atoms with Gasteiger partial charge in [0.1, 0.15) is 5.75 Å². The van der Waals surface area contributed by atoms with Crippen LogP contribution in [-0.2, 0) is 6.54 Å². The second-order valence-electron chi connectivity index (χ2n) is 4.46. The van der Waals surface area contributed by atoms with Crippen molar-refractivity contribution in [1.82, 2.24) is 5.32 Å². The third kappa shape index (κ3) is 3.98. The predicted octanol–water partition coefficient (Wildman–Crippen LogP) is 3.36. The van der Waals surface area contributed by atoms with Crippen molar-refractivity contribution in [2.45, 2.75) is 13.5 Å². The number of carbonyl (C=O) groups excluding carboxylic acids is 1. The summed E-state index contributed by atoms with van der Waals surface area (Å²) in [4.78, 5) is 12.1. The number of nitrogens with one attached hydrogen (secondary N) is 1. The molecule has 0 fully saturated rings. The SMILES string of the molecule is CCOc1ccc(C(=O)NCc2ccccc2Br)cc1N. The van der Waals surface area contributed by atoms with E-state index in [2.05, 4.69) is 21.2 Å². The van der Waals surface area contributed by atoms with Gasteiger partial charge >= 0.3 is 0 Å². The van der Waals surface area contributed by atoms with Crippen molar-refractivity contribution in [3.63, 3.8) is 0 Å². The summed E-state index contributed by atoms with van der Waals surface area (Å²) in [6, 6.07) is 12.8. The molecule has 2 rings (SSSR count). The Morgan fingerprint density at radius 1 is 1.29 bits per heavy atom. The molecule has 3 N–H and O–H groups in total. The third-order valence-corrected chi connectivity index (χ3v) is 3.74. The molecule has 0 aliphatic heterocycles. The molecule has 0 atom stereocenters. The van der Waals surface area contributed by atoms with Gasteiger partial charge in [0.2, 0.25) is 0 Å². The van der Waals surface area contributed by atoms with Gasteiger partial charge in [-0.2, -0.15) is 0 Å². The van der Waals surface area contributed by atoms with Gasteiger partial charge in [-0.3, -0.25) is 4.79 Å². The van der Waals surface area contributed by atoms with E-state index in [-0.39, 0.29) is 5.91 Å². The molecule has 0 spiro atoms. The summed E-state index contributed by atoms with van der Waals surface area (Å²) in [6.45, 7) is 2.88. The number of rotatable bonds is 5. The highest BCUT2D eigenvalue weighted by molar-refractivity contribution is 9.10. The van der Waals surface area contributed by atoms with Crippen LogP contribution in [0.15, 0.2) is 46.9 Å². The van der Waals surface area contributed by atoms with Crippen LogP contribution in [0.1, 0.15) is 22.8 Å². The highest BCUT2D eigenvalue weighted by atomic mass is 79.9. The lowest BCUT2D eigenvalue weighted by Crippen LogP contribution is -2.23. The van der Waals surface area contributed by atoms with Gasteiger partial charge in [-0.1, -0.05) is 34.1 Å². The number of hydrogen-bond acceptors (Lipinski definition) is 3. The van der Waals surface area contributed by atoms with Gasteiger partial charge in [-0.05, 0) is 36.8 Å². The number of nitrogens with two attached hydrogens (primary N) is 1. The lowest BCUT2D eigenvalue weighted by molar-refractivity contribution is 0.0951. The number of hydrogen-bond donors (Lipinski definition) is 2. The van der Waals surface area contributed by atoms with Crippen LogP contribution < -0.4 is 15.8 Å². The van der Waals surface area contributed by atoms with Crippen LogP contribution in [0.4, 0.5) is 5.69 Å². The van der Waals surface area contributed by atoms with Crippen molar-refractivity contribution in [2.24, 2.45) is 0 Å². The van der Waals surface area contributed by atoms with Gasteiger partial charge in [0.25, 0.3) is 5.91 Å². The molecule has 0 aromatic heterocycles. The van der Waals surface area contributed by atoms with Crippen molar-refractivity contribution in [2.75, 3.05) is 12.3 Å². The Kier molecular flexibility index (Phi) is 5.22. The minimum Gasteiger partial charge on any atom is -0.492 e. The normalized spacial score (nSPS) is 10.2. The summed E-state index contributed by atoms with van der Waals surface area (Å²) in [6.07, 6.45) is 0. The maximum absolute atomic E-state index is 12.1. The number of benzene rings is 2. The van der Waals surface area contributed by atoms with Gasteiger partial charge in [-0.15, -0.1) is 0 Å². The molecule has 0 saturated heterocycles. The second kappa shape index (κ2) is 7.13. The van der Waals surface area contributed by atoms with Gasteiger partial charge in [-0.25, -0.2) is 0 Å². The standard InChI is InChI=1S/C16H17BrN2O2/c1-2-21-15-8-7-11(9-14(15)18)16(20)19-10-12-5-3-4-6-13(12)17/h3-9H,2,10,18H2,1H3,(H,19,20). The lowest BCUT2D eigenvalue weighted by atomic mass is 10.1. The highest BCUT2D eigenvalue weighted by Crippen LogP contribution is 2.22. The van der Waals surface area contributed by atoms with Crippen LogP contribution in [0.25, 0.3) is 0 Å².